The Morgan fingerprint density at radius 3 is 2.15 bits per heavy atom. The maximum Gasteiger partial charge on any atom is 0.208 e. The minimum Gasteiger partial charge on any atom is -0.463 e. The number of rotatable bonds is 11. The fraction of sp³-hybridized carbons (Fsp3) is 0.667. The molecule has 1 N–H and O–H groups in total. The average molecular weight is 278 g/mol. The number of hydrogen-bond acceptors (Lipinski definition) is 2. The molecule has 0 saturated heterocycles. The van der Waals surface area contributed by atoms with Crippen LogP contribution in [0.1, 0.15) is 71.6 Å². The number of aliphatic hydroxyl groups is 1. The van der Waals surface area contributed by atoms with Gasteiger partial charge in [-0.3, -0.25) is 0 Å². The Morgan fingerprint density at radius 1 is 0.850 bits per heavy atom. The summed E-state index contributed by atoms with van der Waals surface area (Å²) in [5.74, 6) is -0.240. The van der Waals surface area contributed by atoms with E-state index < -0.39 is 5.79 Å². The van der Waals surface area contributed by atoms with Gasteiger partial charge in [-0.1, -0.05) is 64.2 Å². The molecule has 0 aliphatic rings. The van der Waals surface area contributed by atoms with Gasteiger partial charge in [-0.2, -0.15) is 0 Å². The third-order valence-electron chi connectivity index (χ3n) is 3.61. The van der Waals surface area contributed by atoms with Gasteiger partial charge in [0, 0.05) is 12.8 Å². The zero-order valence-corrected chi connectivity index (χ0v) is 13.1. The van der Waals surface area contributed by atoms with Crippen molar-refractivity contribution in [3.63, 3.8) is 0 Å². The second-order valence-corrected chi connectivity index (χ2v) is 5.63. The van der Waals surface area contributed by atoms with Crippen LogP contribution in [-0.4, -0.2) is 10.9 Å². The Hall–Kier alpha value is -1.02. The van der Waals surface area contributed by atoms with Gasteiger partial charge in [0.05, 0.1) is 0 Å². The van der Waals surface area contributed by atoms with E-state index in [9.17, 15) is 5.11 Å². The van der Waals surface area contributed by atoms with Gasteiger partial charge in [0.15, 0.2) is 0 Å². The predicted octanol–water partition coefficient (Wildman–Crippen LogP) is 5.30. The predicted molar refractivity (Wildman–Crippen MR) is 84.9 cm³/mol. The van der Waals surface area contributed by atoms with Crippen LogP contribution < -0.4 is 4.74 Å². The molecule has 0 spiro atoms. The third kappa shape index (κ3) is 6.95. The SMILES string of the molecule is CCCCCCCCC(O)(CCC)Oc1ccccc1. The van der Waals surface area contributed by atoms with Crippen molar-refractivity contribution in [2.24, 2.45) is 0 Å². The molecule has 1 aromatic rings. The van der Waals surface area contributed by atoms with E-state index in [0.717, 1.165) is 25.0 Å². The summed E-state index contributed by atoms with van der Waals surface area (Å²) < 4.78 is 5.83. The molecule has 0 radical (unpaired) electrons. The van der Waals surface area contributed by atoms with Crippen molar-refractivity contribution in [3.05, 3.63) is 30.3 Å². The summed E-state index contributed by atoms with van der Waals surface area (Å²) in [6.07, 6.45) is 9.73. The molecular formula is C18H30O2. The van der Waals surface area contributed by atoms with Crippen molar-refractivity contribution in [2.45, 2.75) is 77.4 Å². The monoisotopic (exact) mass is 278 g/mol. The topological polar surface area (TPSA) is 29.5 Å². The first-order chi connectivity index (χ1) is 9.70. The summed E-state index contributed by atoms with van der Waals surface area (Å²) in [7, 11) is 0. The van der Waals surface area contributed by atoms with Crippen LogP contribution in [0.4, 0.5) is 0 Å². The van der Waals surface area contributed by atoms with Crippen LogP contribution in [0, 0.1) is 0 Å². The average Bonchev–Trinajstić information content (AvgIpc) is 2.44. The smallest absolute Gasteiger partial charge is 0.208 e. The first-order valence-electron chi connectivity index (χ1n) is 8.16. The van der Waals surface area contributed by atoms with Gasteiger partial charge in [0.25, 0.3) is 0 Å². The highest BCUT2D eigenvalue weighted by molar-refractivity contribution is 5.21. The van der Waals surface area contributed by atoms with Crippen molar-refractivity contribution >= 4 is 0 Å². The molecule has 0 aliphatic carbocycles. The number of para-hydroxylation sites is 1. The molecule has 0 aliphatic heterocycles. The lowest BCUT2D eigenvalue weighted by atomic mass is 10.0. The molecule has 0 saturated carbocycles. The van der Waals surface area contributed by atoms with E-state index in [1.54, 1.807) is 0 Å². The van der Waals surface area contributed by atoms with E-state index in [0.29, 0.717) is 6.42 Å². The Balaban J connectivity index is 2.37. The summed E-state index contributed by atoms with van der Waals surface area (Å²) in [6.45, 7) is 4.31. The Bertz CT molecular complexity index is 337. The summed E-state index contributed by atoms with van der Waals surface area (Å²) in [6, 6.07) is 9.64. The summed E-state index contributed by atoms with van der Waals surface area (Å²) in [4.78, 5) is 0. The lowest BCUT2D eigenvalue weighted by Crippen LogP contribution is -2.35. The molecular weight excluding hydrogens is 248 g/mol. The molecule has 0 amide bonds. The standard InChI is InChI=1S/C18H30O2/c1-3-5-6-7-8-12-16-18(19,15-4-2)20-17-13-10-9-11-14-17/h9-11,13-14,19H,3-8,12,15-16H2,1-2H3. The Morgan fingerprint density at radius 2 is 1.50 bits per heavy atom. The molecule has 1 rings (SSSR count). The van der Waals surface area contributed by atoms with E-state index in [-0.39, 0.29) is 0 Å². The van der Waals surface area contributed by atoms with Gasteiger partial charge in [-0.25, -0.2) is 0 Å². The third-order valence-corrected chi connectivity index (χ3v) is 3.61. The fourth-order valence-corrected chi connectivity index (χ4v) is 2.51. The van der Waals surface area contributed by atoms with Crippen molar-refractivity contribution in [1.29, 1.82) is 0 Å². The van der Waals surface area contributed by atoms with Crippen LogP contribution in [-0.2, 0) is 0 Å². The highest BCUT2D eigenvalue weighted by Crippen LogP contribution is 2.26. The number of unbranched alkanes of at least 4 members (excludes halogenated alkanes) is 5. The molecule has 2 heteroatoms. The number of hydrogen-bond donors (Lipinski definition) is 1. The van der Waals surface area contributed by atoms with Gasteiger partial charge >= 0.3 is 0 Å². The first-order valence-corrected chi connectivity index (χ1v) is 8.16. The summed E-state index contributed by atoms with van der Waals surface area (Å²) in [5, 5.41) is 10.6. The Labute approximate surface area is 124 Å². The quantitative estimate of drug-likeness (QED) is 0.439. The molecule has 0 heterocycles. The van der Waals surface area contributed by atoms with Gasteiger partial charge in [-0.05, 0) is 25.0 Å². The number of ether oxygens (including phenoxy) is 1. The van der Waals surface area contributed by atoms with Crippen LogP contribution in [0.15, 0.2) is 30.3 Å². The van der Waals surface area contributed by atoms with Crippen LogP contribution in [0.5, 0.6) is 5.75 Å². The molecule has 114 valence electrons. The van der Waals surface area contributed by atoms with E-state index in [1.807, 2.05) is 30.3 Å². The maximum absolute atomic E-state index is 10.6. The van der Waals surface area contributed by atoms with Crippen molar-refractivity contribution in [2.75, 3.05) is 0 Å². The van der Waals surface area contributed by atoms with Crippen molar-refractivity contribution < 1.29 is 9.84 Å². The zero-order valence-electron chi connectivity index (χ0n) is 13.1. The van der Waals surface area contributed by atoms with E-state index in [4.69, 9.17) is 4.74 Å². The van der Waals surface area contributed by atoms with Crippen LogP contribution in [0.2, 0.25) is 0 Å². The molecule has 0 fully saturated rings. The minimum atomic E-state index is -0.999. The lowest BCUT2D eigenvalue weighted by molar-refractivity contribution is -0.149. The second-order valence-electron chi connectivity index (χ2n) is 5.63. The van der Waals surface area contributed by atoms with E-state index in [2.05, 4.69) is 13.8 Å². The summed E-state index contributed by atoms with van der Waals surface area (Å²) in [5.41, 5.74) is 0. The Kier molecular flexibility index (Phi) is 8.36. The minimum absolute atomic E-state index is 0.691. The van der Waals surface area contributed by atoms with E-state index >= 15 is 0 Å². The largest absolute Gasteiger partial charge is 0.463 e. The molecule has 1 unspecified atom stereocenters. The van der Waals surface area contributed by atoms with Crippen LogP contribution >= 0.6 is 0 Å². The summed E-state index contributed by atoms with van der Waals surface area (Å²) >= 11 is 0. The second kappa shape index (κ2) is 9.82. The zero-order chi connectivity index (χ0) is 14.7. The van der Waals surface area contributed by atoms with Gasteiger partial charge < -0.3 is 9.84 Å². The molecule has 0 bridgehead atoms. The van der Waals surface area contributed by atoms with Gasteiger partial charge in [0.2, 0.25) is 5.79 Å². The highest BCUT2D eigenvalue weighted by atomic mass is 16.6. The van der Waals surface area contributed by atoms with Crippen LogP contribution in [0.3, 0.4) is 0 Å². The van der Waals surface area contributed by atoms with Crippen molar-refractivity contribution in [1.82, 2.24) is 0 Å². The first kappa shape index (κ1) is 17.0. The van der Waals surface area contributed by atoms with E-state index in [1.165, 1.54) is 32.1 Å². The molecule has 1 atom stereocenters. The molecule has 1 aromatic carbocycles. The lowest BCUT2D eigenvalue weighted by Gasteiger charge is -2.29. The van der Waals surface area contributed by atoms with Gasteiger partial charge in [-0.15, -0.1) is 0 Å². The van der Waals surface area contributed by atoms with Crippen LogP contribution in [0.25, 0.3) is 0 Å². The van der Waals surface area contributed by atoms with Gasteiger partial charge in [0.1, 0.15) is 5.75 Å². The van der Waals surface area contributed by atoms with Crippen molar-refractivity contribution in [3.8, 4) is 5.75 Å². The molecule has 0 aromatic heterocycles. The normalized spacial score (nSPS) is 13.9. The molecule has 20 heavy (non-hydrogen) atoms. The number of benzene rings is 1. The maximum atomic E-state index is 10.6. The molecule has 2 nitrogen and oxygen atoms in total. The fourth-order valence-electron chi connectivity index (χ4n) is 2.51. The highest BCUT2D eigenvalue weighted by Gasteiger charge is 2.27.